The maximum Gasteiger partial charge on any atom is 0.135 e. The first kappa shape index (κ1) is 10.1. The lowest BCUT2D eigenvalue weighted by Crippen LogP contribution is -1.81. The first-order valence-corrected chi connectivity index (χ1v) is 6.38. The number of aryl methyl sites for hydroxylation is 2. The Morgan fingerprint density at radius 2 is 2.21 bits per heavy atom. The molecule has 5 heteroatoms. The van der Waals surface area contributed by atoms with Crippen molar-refractivity contribution in [3.05, 3.63) is 21.8 Å². The molecule has 0 atom stereocenters. The molecule has 2 aromatic rings. The summed E-state index contributed by atoms with van der Waals surface area (Å²) < 4.78 is 0. The standard InChI is InChI=1S/C9H9ClN2S2/c1-5-8(13-4-11-5)9-12-7(3-10)6(2)14-9/h4H,3H2,1-2H3. The van der Waals surface area contributed by atoms with E-state index in [0.717, 1.165) is 21.3 Å². The molecule has 0 bridgehead atoms. The van der Waals surface area contributed by atoms with E-state index in [1.807, 2.05) is 12.4 Å². The Labute approximate surface area is 95.6 Å². The third kappa shape index (κ3) is 1.69. The number of nitrogens with zero attached hydrogens (tertiary/aromatic N) is 2. The SMILES string of the molecule is Cc1ncsc1-c1nc(CCl)c(C)s1. The summed E-state index contributed by atoms with van der Waals surface area (Å²) in [5, 5.41) is 1.04. The van der Waals surface area contributed by atoms with E-state index in [4.69, 9.17) is 11.6 Å². The molecule has 0 radical (unpaired) electrons. The van der Waals surface area contributed by atoms with E-state index in [2.05, 4.69) is 16.9 Å². The van der Waals surface area contributed by atoms with Crippen LogP contribution in [-0.2, 0) is 5.88 Å². The van der Waals surface area contributed by atoms with Crippen LogP contribution in [0, 0.1) is 13.8 Å². The van der Waals surface area contributed by atoms with Crippen molar-refractivity contribution in [2.75, 3.05) is 0 Å². The zero-order chi connectivity index (χ0) is 10.1. The molecule has 2 heterocycles. The highest BCUT2D eigenvalue weighted by atomic mass is 35.5. The summed E-state index contributed by atoms with van der Waals surface area (Å²) in [5.41, 5.74) is 3.88. The van der Waals surface area contributed by atoms with Crippen LogP contribution in [0.15, 0.2) is 5.51 Å². The summed E-state index contributed by atoms with van der Waals surface area (Å²) in [5.74, 6) is 0.486. The zero-order valence-electron chi connectivity index (χ0n) is 7.87. The molecule has 0 spiro atoms. The van der Waals surface area contributed by atoms with Crippen molar-refractivity contribution in [2.24, 2.45) is 0 Å². The van der Waals surface area contributed by atoms with Gasteiger partial charge in [-0.2, -0.15) is 0 Å². The van der Waals surface area contributed by atoms with Crippen LogP contribution in [0.25, 0.3) is 9.88 Å². The molecule has 74 valence electrons. The summed E-state index contributed by atoms with van der Waals surface area (Å²) in [6.45, 7) is 4.05. The Balaban J connectivity index is 2.47. The second-order valence-corrected chi connectivity index (χ2v) is 5.25. The van der Waals surface area contributed by atoms with E-state index in [1.54, 1.807) is 22.7 Å². The van der Waals surface area contributed by atoms with Crippen molar-refractivity contribution in [3.8, 4) is 9.88 Å². The van der Waals surface area contributed by atoms with E-state index < -0.39 is 0 Å². The van der Waals surface area contributed by atoms with Crippen LogP contribution < -0.4 is 0 Å². The summed E-state index contributed by atoms with van der Waals surface area (Å²) in [4.78, 5) is 11.1. The fourth-order valence-electron chi connectivity index (χ4n) is 1.16. The Kier molecular flexibility index (Phi) is 2.85. The molecule has 0 aliphatic rings. The average molecular weight is 245 g/mol. The molecule has 0 amide bonds. The van der Waals surface area contributed by atoms with Crippen molar-refractivity contribution >= 4 is 34.3 Å². The average Bonchev–Trinajstić information content (AvgIpc) is 2.71. The van der Waals surface area contributed by atoms with Crippen LogP contribution in [0.5, 0.6) is 0 Å². The zero-order valence-corrected chi connectivity index (χ0v) is 10.3. The van der Waals surface area contributed by atoms with E-state index in [0.29, 0.717) is 5.88 Å². The Morgan fingerprint density at radius 3 is 2.71 bits per heavy atom. The van der Waals surface area contributed by atoms with Gasteiger partial charge in [0.1, 0.15) is 5.01 Å². The highest BCUT2D eigenvalue weighted by molar-refractivity contribution is 7.21. The van der Waals surface area contributed by atoms with Crippen molar-refractivity contribution < 1.29 is 0 Å². The largest absolute Gasteiger partial charge is 0.249 e. The molecule has 14 heavy (non-hydrogen) atoms. The number of alkyl halides is 1. The van der Waals surface area contributed by atoms with Gasteiger partial charge in [-0.05, 0) is 13.8 Å². The number of thiazole rings is 2. The Bertz CT molecular complexity index is 447. The van der Waals surface area contributed by atoms with Gasteiger partial charge in [0.2, 0.25) is 0 Å². The molecular formula is C9H9ClN2S2. The minimum atomic E-state index is 0.486. The summed E-state index contributed by atoms with van der Waals surface area (Å²) >= 11 is 9.09. The highest BCUT2D eigenvalue weighted by Gasteiger charge is 2.12. The molecule has 2 aromatic heterocycles. The minimum absolute atomic E-state index is 0.486. The smallest absolute Gasteiger partial charge is 0.135 e. The van der Waals surface area contributed by atoms with Gasteiger partial charge >= 0.3 is 0 Å². The van der Waals surface area contributed by atoms with Crippen LogP contribution in [0.2, 0.25) is 0 Å². The van der Waals surface area contributed by atoms with Crippen molar-refractivity contribution in [2.45, 2.75) is 19.7 Å². The van der Waals surface area contributed by atoms with Crippen LogP contribution >= 0.6 is 34.3 Å². The summed E-state index contributed by atoms with van der Waals surface area (Å²) in [7, 11) is 0. The Hall–Kier alpha value is -0.450. The van der Waals surface area contributed by atoms with Crippen molar-refractivity contribution in [1.29, 1.82) is 0 Å². The van der Waals surface area contributed by atoms with Gasteiger partial charge in [0.25, 0.3) is 0 Å². The van der Waals surface area contributed by atoms with Gasteiger partial charge in [0, 0.05) is 4.88 Å². The lowest BCUT2D eigenvalue weighted by Gasteiger charge is -1.89. The molecule has 0 fully saturated rings. The number of hydrogen-bond donors (Lipinski definition) is 0. The number of halogens is 1. The first-order chi connectivity index (χ1) is 6.72. The van der Waals surface area contributed by atoms with Crippen molar-refractivity contribution in [1.82, 2.24) is 9.97 Å². The molecule has 0 aliphatic heterocycles. The van der Waals surface area contributed by atoms with Crippen LogP contribution in [-0.4, -0.2) is 9.97 Å². The topological polar surface area (TPSA) is 25.8 Å². The number of rotatable bonds is 2. The summed E-state index contributed by atoms with van der Waals surface area (Å²) in [6.07, 6.45) is 0. The summed E-state index contributed by atoms with van der Waals surface area (Å²) in [6, 6.07) is 0. The lowest BCUT2D eigenvalue weighted by molar-refractivity contribution is 1.19. The van der Waals surface area contributed by atoms with Crippen LogP contribution in [0.3, 0.4) is 0 Å². The van der Waals surface area contributed by atoms with E-state index in [-0.39, 0.29) is 0 Å². The molecule has 2 rings (SSSR count). The quantitative estimate of drug-likeness (QED) is 0.754. The molecule has 2 nitrogen and oxygen atoms in total. The monoisotopic (exact) mass is 244 g/mol. The van der Waals surface area contributed by atoms with Crippen molar-refractivity contribution in [3.63, 3.8) is 0 Å². The van der Waals surface area contributed by atoms with Gasteiger partial charge < -0.3 is 0 Å². The van der Waals surface area contributed by atoms with E-state index >= 15 is 0 Å². The highest BCUT2D eigenvalue weighted by Crippen LogP contribution is 2.32. The van der Waals surface area contributed by atoms with Gasteiger partial charge in [-0.3, -0.25) is 0 Å². The number of aromatic nitrogens is 2. The van der Waals surface area contributed by atoms with Gasteiger partial charge in [-0.15, -0.1) is 34.3 Å². The van der Waals surface area contributed by atoms with E-state index in [1.165, 1.54) is 4.88 Å². The predicted molar refractivity (Wildman–Crippen MR) is 62.3 cm³/mol. The maximum absolute atomic E-state index is 5.78. The van der Waals surface area contributed by atoms with Gasteiger partial charge in [0.15, 0.2) is 0 Å². The third-order valence-corrected chi connectivity index (χ3v) is 4.31. The fourth-order valence-corrected chi connectivity index (χ4v) is 3.37. The molecule has 0 aliphatic carbocycles. The molecular weight excluding hydrogens is 236 g/mol. The van der Waals surface area contributed by atoms with Gasteiger partial charge in [-0.25, -0.2) is 9.97 Å². The molecule has 0 aromatic carbocycles. The third-order valence-electron chi connectivity index (χ3n) is 1.96. The predicted octanol–water partition coefficient (Wildman–Crippen LogP) is 3.62. The number of hydrogen-bond acceptors (Lipinski definition) is 4. The maximum atomic E-state index is 5.78. The lowest BCUT2D eigenvalue weighted by atomic mass is 10.4. The van der Waals surface area contributed by atoms with Gasteiger partial charge in [0.05, 0.1) is 27.7 Å². The van der Waals surface area contributed by atoms with Gasteiger partial charge in [-0.1, -0.05) is 0 Å². The van der Waals surface area contributed by atoms with Crippen LogP contribution in [0.1, 0.15) is 16.3 Å². The second kappa shape index (κ2) is 3.96. The Morgan fingerprint density at radius 1 is 1.43 bits per heavy atom. The minimum Gasteiger partial charge on any atom is -0.249 e. The second-order valence-electron chi connectivity index (χ2n) is 2.92. The first-order valence-electron chi connectivity index (χ1n) is 4.15. The molecule has 0 N–H and O–H groups in total. The molecule has 0 saturated carbocycles. The van der Waals surface area contributed by atoms with Crippen LogP contribution in [0.4, 0.5) is 0 Å². The van der Waals surface area contributed by atoms with E-state index in [9.17, 15) is 0 Å². The molecule has 0 saturated heterocycles. The normalized spacial score (nSPS) is 10.8. The molecule has 0 unspecified atom stereocenters. The fraction of sp³-hybridized carbons (Fsp3) is 0.333.